The zero-order valence-corrected chi connectivity index (χ0v) is 37.9. The van der Waals surface area contributed by atoms with Gasteiger partial charge in [0.15, 0.2) is 23.0 Å². The van der Waals surface area contributed by atoms with Crippen LogP contribution >= 0.6 is 0 Å². The molecule has 9 atom stereocenters. The lowest BCUT2D eigenvalue weighted by Gasteiger charge is -2.52. The smallest absolute Gasteiger partial charge is 0.200 e. The third-order valence-corrected chi connectivity index (χ3v) is 17.2. The van der Waals surface area contributed by atoms with Crippen molar-refractivity contribution in [1.82, 2.24) is 0 Å². The lowest BCUT2D eigenvalue weighted by atomic mass is 9.52. The van der Waals surface area contributed by atoms with Gasteiger partial charge in [-0.3, -0.25) is 10.5 Å². The predicted octanol–water partition coefficient (Wildman–Crippen LogP) is 9.74. The fourth-order valence-corrected chi connectivity index (χ4v) is 14.4. The molecule has 352 valence electrons. The highest BCUT2D eigenvalue weighted by Gasteiger charge is 2.63. The number of benzene rings is 5. The fraction of sp³-hybridized carbons (Fsp3) is 0.446. The molecule has 11 heteroatoms. The van der Waals surface area contributed by atoms with Crippen molar-refractivity contribution in [2.24, 2.45) is 40.7 Å². The van der Waals surface area contributed by atoms with E-state index in [4.69, 9.17) is 15.2 Å². The second-order valence-corrected chi connectivity index (χ2v) is 20.7. The molecule has 0 aliphatic heterocycles. The normalized spacial score (nSPS) is 28.1. The molecular formula is C56H63NO10. The van der Waals surface area contributed by atoms with E-state index < -0.39 is 17.9 Å². The molecule has 0 heterocycles. The molecule has 0 radical (unpaired) electrons. The molecule has 5 aromatic carbocycles. The van der Waals surface area contributed by atoms with Crippen molar-refractivity contribution in [2.75, 3.05) is 6.73 Å². The van der Waals surface area contributed by atoms with Crippen molar-refractivity contribution in [3.63, 3.8) is 0 Å². The Labute approximate surface area is 391 Å². The Morgan fingerprint density at radius 2 is 1.52 bits per heavy atom. The molecule has 67 heavy (non-hydrogen) atoms. The summed E-state index contributed by atoms with van der Waals surface area (Å²) in [4.78, 5) is 14.9. The minimum atomic E-state index is -1.06. The quantitative estimate of drug-likeness (QED) is 0.0413. The highest BCUT2D eigenvalue weighted by Crippen LogP contribution is 2.71. The highest BCUT2D eigenvalue weighted by molar-refractivity contribution is 5.82. The van der Waals surface area contributed by atoms with Crippen LogP contribution in [0.5, 0.6) is 46.0 Å². The maximum absolute atomic E-state index is 14.9. The van der Waals surface area contributed by atoms with Crippen LogP contribution in [0.2, 0.25) is 0 Å². The number of fused-ring (bicyclic) bond motifs is 1. The summed E-state index contributed by atoms with van der Waals surface area (Å²) in [6.45, 7) is -0.0865. The number of hydrogen-bond donors (Lipinski definition) is 8. The zero-order valence-electron chi connectivity index (χ0n) is 37.9. The number of aryl methyl sites for hydroxylation is 1. The molecule has 2 bridgehead atoms. The number of Topliss-reactive ketones (excluding diaryl/α,β-unsaturated/α-hetero) is 1. The van der Waals surface area contributed by atoms with E-state index in [0.717, 1.165) is 42.4 Å². The van der Waals surface area contributed by atoms with Crippen LogP contribution in [0.4, 0.5) is 0 Å². The number of aromatic hydroxyl groups is 6. The number of carbonyl (C=O) groups is 1. The van der Waals surface area contributed by atoms with Crippen molar-refractivity contribution in [3.8, 4) is 46.0 Å². The van der Waals surface area contributed by atoms with Gasteiger partial charge in [-0.15, -0.1) is 0 Å². The second-order valence-electron chi connectivity index (χ2n) is 20.7. The number of ketones is 1. The Hall–Kier alpha value is -5.91. The third-order valence-electron chi connectivity index (χ3n) is 17.2. The van der Waals surface area contributed by atoms with E-state index in [2.05, 4.69) is 30.3 Å². The number of phenols is 6. The third kappa shape index (κ3) is 8.22. The van der Waals surface area contributed by atoms with E-state index in [1.807, 2.05) is 6.07 Å². The van der Waals surface area contributed by atoms with E-state index in [1.54, 1.807) is 48.5 Å². The fourth-order valence-electron chi connectivity index (χ4n) is 14.4. The average Bonchev–Trinajstić information content (AvgIpc) is 3.87. The first-order valence-corrected chi connectivity index (χ1v) is 24.3. The zero-order chi connectivity index (χ0) is 46.6. The molecule has 0 saturated heterocycles. The summed E-state index contributed by atoms with van der Waals surface area (Å²) in [5.41, 5.74) is 10.6. The molecular weight excluding hydrogens is 847 g/mol. The summed E-state index contributed by atoms with van der Waals surface area (Å²) in [5, 5.41) is 79.1. The van der Waals surface area contributed by atoms with Crippen LogP contribution in [-0.4, -0.2) is 54.4 Å². The monoisotopic (exact) mass is 909 g/mol. The van der Waals surface area contributed by atoms with Gasteiger partial charge in [0.1, 0.15) is 36.4 Å². The Kier molecular flexibility index (Phi) is 12.0. The van der Waals surface area contributed by atoms with Crippen molar-refractivity contribution >= 4 is 5.78 Å². The van der Waals surface area contributed by atoms with Gasteiger partial charge < -0.3 is 45.2 Å². The van der Waals surface area contributed by atoms with E-state index in [-0.39, 0.29) is 112 Å². The first-order valence-electron chi connectivity index (χ1n) is 24.3. The Bertz CT molecular complexity index is 2630. The average molecular weight is 910 g/mol. The SMILES string of the molecule is NCOc1cc(CCC(=O)[C@@H]2C[C@@H](Cc3ccc(O)cc3O)[C@H]3C[C@H]4C[C@H]([C@]5(c6ccccc6)CCC6(CCCC6)C5)[C@H](c5cc(O)c(O)c(OCc6cccc(O)c6)c54)[C@@H]3[C@H]2O)ccc1O. The van der Waals surface area contributed by atoms with E-state index >= 15 is 0 Å². The number of aliphatic hydroxyl groups excluding tert-OH is 1. The summed E-state index contributed by atoms with van der Waals surface area (Å²) in [7, 11) is 0. The van der Waals surface area contributed by atoms with Crippen molar-refractivity contribution < 1.29 is 50.0 Å². The second kappa shape index (κ2) is 18.0. The standard InChI is InChI=1S/C56H63NO10/c57-31-67-48-22-32(12-16-45(48)61)11-15-44(60)41-24-35(23-34-13-14-39(59)27-46(34)62)40-25-36-26-43(56(37-8-2-1-3-9-37)20-19-55(30-56)17-4-5-18-55)50(51(40)52(41)64)42-28-47(63)53(65)54(49(36)42)66-29-33-7-6-10-38(58)21-33/h1-3,6-10,12-14,16,21-22,27-28,35-36,40-41,43,50-52,58-59,61-65H,4-5,11,15,17-20,23-26,29-31,57H2/t35-,36+,40-,41+,43+,50+,51-,52+,56-/m1/s1. The molecule has 11 nitrogen and oxygen atoms in total. The van der Waals surface area contributed by atoms with E-state index in [0.29, 0.717) is 36.8 Å². The Balaban J connectivity index is 1.12. The highest BCUT2D eigenvalue weighted by atomic mass is 16.5. The lowest BCUT2D eigenvalue weighted by molar-refractivity contribution is -0.136. The van der Waals surface area contributed by atoms with Crippen LogP contribution in [-0.2, 0) is 29.7 Å². The summed E-state index contributed by atoms with van der Waals surface area (Å²) in [5.74, 6) is -2.39. The molecule has 0 amide bonds. The minimum absolute atomic E-state index is 0.00516. The van der Waals surface area contributed by atoms with Crippen LogP contribution in [0.1, 0.15) is 116 Å². The number of carbonyl (C=O) groups excluding carboxylic acids is 1. The summed E-state index contributed by atoms with van der Waals surface area (Å²) < 4.78 is 12.0. The first-order chi connectivity index (χ1) is 32.4. The van der Waals surface area contributed by atoms with Crippen molar-refractivity contribution in [2.45, 2.75) is 113 Å². The summed E-state index contributed by atoms with van der Waals surface area (Å²) in [6, 6.07) is 29.0. The molecule has 4 fully saturated rings. The van der Waals surface area contributed by atoms with Gasteiger partial charge in [0.2, 0.25) is 5.75 Å². The lowest BCUT2D eigenvalue weighted by Crippen LogP contribution is -2.51. The van der Waals surface area contributed by atoms with Crippen LogP contribution in [0.15, 0.2) is 97.1 Å². The van der Waals surface area contributed by atoms with Crippen LogP contribution < -0.4 is 15.2 Å². The predicted molar refractivity (Wildman–Crippen MR) is 252 cm³/mol. The molecule has 5 aromatic rings. The summed E-state index contributed by atoms with van der Waals surface area (Å²) in [6.07, 6.45) is 9.48. The Morgan fingerprint density at radius 3 is 2.28 bits per heavy atom. The molecule has 0 unspecified atom stereocenters. The van der Waals surface area contributed by atoms with Gasteiger partial charge in [0.25, 0.3) is 0 Å². The van der Waals surface area contributed by atoms with E-state index in [9.17, 15) is 40.5 Å². The largest absolute Gasteiger partial charge is 0.508 e. The Morgan fingerprint density at radius 1 is 0.731 bits per heavy atom. The van der Waals surface area contributed by atoms with Crippen LogP contribution in [0.25, 0.3) is 0 Å². The number of aliphatic hydroxyl groups is 1. The van der Waals surface area contributed by atoms with E-state index in [1.165, 1.54) is 43.4 Å². The number of phenolic OH excluding ortho intramolecular Hbond substituents is 6. The minimum Gasteiger partial charge on any atom is -0.508 e. The summed E-state index contributed by atoms with van der Waals surface area (Å²) >= 11 is 0. The molecule has 11 rings (SSSR count). The van der Waals surface area contributed by atoms with Gasteiger partial charge in [-0.2, -0.15) is 0 Å². The number of rotatable bonds is 13. The molecule has 1 spiro atoms. The maximum atomic E-state index is 14.9. The van der Waals surface area contributed by atoms with Gasteiger partial charge in [-0.25, -0.2) is 0 Å². The molecule has 6 aliphatic carbocycles. The van der Waals surface area contributed by atoms with Gasteiger partial charge in [0.05, 0.1) is 6.10 Å². The van der Waals surface area contributed by atoms with Gasteiger partial charge in [-0.1, -0.05) is 67.4 Å². The van der Waals surface area contributed by atoms with Gasteiger partial charge in [0, 0.05) is 24.0 Å². The van der Waals surface area contributed by atoms with Gasteiger partial charge in [-0.05, 0) is 175 Å². The number of ether oxygens (including phenoxy) is 2. The van der Waals surface area contributed by atoms with Gasteiger partial charge >= 0.3 is 0 Å². The maximum Gasteiger partial charge on any atom is 0.200 e. The van der Waals surface area contributed by atoms with Crippen LogP contribution in [0.3, 0.4) is 0 Å². The van der Waals surface area contributed by atoms with Crippen LogP contribution in [0, 0.1) is 35.0 Å². The first kappa shape index (κ1) is 44.9. The molecule has 9 N–H and O–H groups in total. The van der Waals surface area contributed by atoms with Crippen molar-refractivity contribution in [1.29, 1.82) is 0 Å². The number of hydrogen-bond acceptors (Lipinski definition) is 11. The topological polar surface area (TPSA) is 203 Å². The van der Waals surface area contributed by atoms with Crippen molar-refractivity contribution in [3.05, 3.63) is 130 Å². The number of nitrogens with two attached hydrogens (primary N) is 1. The molecule has 6 aliphatic rings. The molecule has 4 saturated carbocycles. The molecule has 0 aromatic heterocycles.